The average Bonchev–Trinajstić information content (AvgIpc) is 3.33. The van der Waals surface area contributed by atoms with Gasteiger partial charge in [0, 0.05) is 61.6 Å². The van der Waals surface area contributed by atoms with Gasteiger partial charge in [-0.1, -0.05) is 30.3 Å². The van der Waals surface area contributed by atoms with Gasteiger partial charge in [-0.3, -0.25) is 19.3 Å². The highest BCUT2D eigenvalue weighted by Crippen LogP contribution is 2.25. The highest BCUT2D eigenvalue weighted by atomic mass is 16.2. The summed E-state index contributed by atoms with van der Waals surface area (Å²) in [6, 6.07) is 21.5. The van der Waals surface area contributed by atoms with Crippen LogP contribution in [0, 0.1) is 0 Å². The number of hydrogen-bond donors (Lipinski definition) is 0. The molecule has 3 heterocycles. The molecule has 35 heavy (non-hydrogen) atoms. The molecule has 2 aromatic heterocycles. The van der Waals surface area contributed by atoms with Crippen LogP contribution in [0.5, 0.6) is 0 Å². The Morgan fingerprint density at radius 1 is 0.886 bits per heavy atom. The number of piperazine rings is 1. The van der Waals surface area contributed by atoms with Crippen LogP contribution in [0.25, 0.3) is 11.3 Å². The smallest absolute Gasteiger partial charge is 0.257 e. The molecule has 0 radical (unpaired) electrons. The molecule has 0 saturated carbocycles. The van der Waals surface area contributed by atoms with Crippen LogP contribution in [0.4, 0.5) is 5.69 Å². The first-order chi connectivity index (χ1) is 17.1. The number of ketones is 1. The SMILES string of the molecule is CC(=O)c1ccc(N2CCN(C(=O)c3cn(Cc4ccccc4)nc3-c3cccnc3)CC2)cc1. The van der Waals surface area contributed by atoms with E-state index in [1.165, 1.54) is 0 Å². The Labute approximate surface area is 204 Å². The number of carbonyl (C=O) groups excluding carboxylic acids is 2. The van der Waals surface area contributed by atoms with Crippen molar-refractivity contribution in [3.05, 3.63) is 102 Å². The van der Waals surface area contributed by atoms with E-state index in [2.05, 4.69) is 22.0 Å². The van der Waals surface area contributed by atoms with Crippen molar-refractivity contribution in [2.24, 2.45) is 0 Å². The van der Waals surface area contributed by atoms with Crippen LogP contribution in [0.15, 0.2) is 85.3 Å². The Bertz CT molecular complexity index is 1310. The first-order valence-electron chi connectivity index (χ1n) is 11.8. The lowest BCUT2D eigenvalue weighted by Crippen LogP contribution is -2.48. The Kier molecular flexibility index (Phi) is 6.39. The molecule has 5 rings (SSSR count). The zero-order chi connectivity index (χ0) is 24.2. The van der Waals surface area contributed by atoms with E-state index in [4.69, 9.17) is 5.10 Å². The molecule has 7 nitrogen and oxygen atoms in total. The van der Waals surface area contributed by atoms with Gasteiger partial charge in [0.1, 0.15) is 5.69 Å². The average molecular weight is 466 g/mol. The summed E-state index contributed by atoms with van der Waals surface area (Å²) in [6.45, 7) is 4.84. The molecule has 1 amide bonds. The van der Waals surface area contributed by atoms with Crippen molar-refractivity contribution in [3.8, 4) is 11.3 Å². The number of nitrogens with zero attached hydrogens (tertiary/aromatic N) is 5. The molecule has 1 fully saturated rings. The van der Waals surface area contributed by atoms with E-state index in [9.17, 15) is 9.59 Å². The maximum Gasteiger partial charge on any atom is 0.257 e. The van der Waals surface area contributed by atoms with Gasteiger partial charge in [-0.2, -0.15) is 5.10 Å². The van der Waals surface area contributed by atoms with E-state index in [1.807, 2.05) is 70.4 Å². The van der Waals surface area contributed by atoms with Crippen molar-refractivity contribution in [2.45, 2.75) is 13.5 Å². The largest absolute Gasteiger partial charge is 0.368 e. The van der Waals surface area contributed by atoms with Crippen molar-refractivity contribution in [2.75, 3.05) is 31.1 Å². The summed E-state index contributed by atoms with van der Waals surface area (Å²) in [6.07, 6.45) is 5.31. The Morgan fingerprint density at radius 3 is 2.29 bits per heavy atom. The predicted molar refractivity (Wildman–Crippen MR) is 136 cm³/mol. The first-order valence-corrected chi connectivity index (χ1v) is 11.8. The molecule has 0 N–H and O–H groups in total. The maximum atomic E-state index is 13.6. The van der Waals surface area contributed by atoms with Gasteiger partial charge in [0.2, 0.25) is 0 Å². The number of benzene rings is 2. The number of anilines is 1. The van der Waals surface area contributed by atoms with Gasteiger partial charge in [0.15, 0.2) is 5.78 Å². The summed E-state index contributed by atoms with van der Waals surface area (Å²) in [5.74, 6) is 0.0407. The van der Waals surface area contributed by atoms with E-state index in [0.717, 1.165) is 29.9 Å². The van der Waals surface area contributed by atoms with Crippen molar-refractivity contribution in [3.63, 3.8) is 0 Å². The molecule has 0 aliphatic carbocycles. The number of Topliss-reactive ketones (excluding diaryl/α,β-unsaturated/α-hetero) is 1. The molecule has 2 aromatic carbocycles. The molecular formula is C28H27N5O2. The second-order valence-electron chi connectivity index (χ2n) is 8.70. The van der Waals surface area contributed by atoms with Gasteiger partial charge in [-0.25, -0.2) is 0 Å². The fraction of sp³-hybridized carbons (Fsp3) is 0.214. The van der Waals surface area contributed by atoms with Crippen LogP contribution in [-0.2, 0) is 6.54 Å². The van der Waals surface area contributed by atoms with Crippen LogP contribution in [0.3, 0.4) is 0 Å². The van der Waals surface area contributed by atoms with Crippen LogP contribution in [-0.4, -0.2) is 57.5 Å². The Hall–Kier alpha value is -4.26. The Balaban J connectivity index is 1.34. The van der Waals surface area contributed by atoms with Crippen LogP contribution >= 0.6 is 0 Å². The molecule has 0 unspecified atom stereocenters. The lowest BCUT2D eigenvalue weighted by molar-refractivity contribution is 0.0747. The number of hydrogen-bond acceptors (Lipinski definition) is 5. The van der Waals surface area contributed by atoms with Crippen LogP contribution in [0.2, 0.25) is 0 Å². The summed E-state index contributed by atoms with van der Waals surface area (Å²) < 4.78 is 1.83. The third-order valence-electron chi connectivity index (χ3n) is 6.32. The number of amides is 1. The fourth-order valence-corrected chi connectivity index (χ4v) is 4.39. The molecule has 7 heteroatoms. The van der Waals surface area contributed by atoms with Gasteiger partial charge >= 0.3 is 0 Å². The van der Waals surface area contributed by atoms with E-state index in [1.54, 1.807) is 19.3 Å². The van der Waals surface area contributed by atoms with Gasteiger partial charge in [-0.15, -0.1) is 0 Å². The van der Waals surface area contributed by atoms with Crippen LogP contribution in [0.1, 0.15) is 33.2 Å². The maximum absolute atomic E-state index is 13.6. The topological polar surface area (TPSA) is 71.3 Å². The third-order valence-corrected chi connectivity index (χ3v) is 6.32. The molecule has 1 aliphatic heterocycles. The number of aromatic nitrogens is 3. The minimum atomic E-state index is -0.0188. The summed E-state index contributed by atoms with van der Waals surface area (Å²) in [4.78, 5) is 33.5. The van der Waals surface area contributed by atoms with E-state index in [-0.39, 0.29) is 11.7 Å². The second kappa shape index (κ2) is 9.93. The van der Waals surface area contributed by atoms with Crippen molar-refractivity contribution in [1.82, 2.24) is 19.7 Å². The molecule has 0 spiro atoms. The number of carbonyl (C=O) groups is 2. The fourth-order valence-electron chi connectivity index (χ4n) is 4.39. The summed E-state index contributed by atoms with van der Waals surface area (Å²) in [5.41, 5.74) is 4.96. The zero-order valence-corrected chi connectivity index (χ0v) is 19.7. The molecule has 0 atom stereocenters. The quantitative estimate of drug-likeness (QED) is 0.400. The number of rotatable bonds is 6. The Morgan fingerprint density at radius 2 is 1.63 bits per heavy atom. The summed E-state index contributed by atoms with van der Waals surface area (Å²) >= 11 is 0. The van der Waals surface area contributed by atoms with Gasteiger partial charge < -0.3 is 9.80 Å². The zero-order valence-electron chi connectivity index (χ0n) is 19.7. The van der Waals surface area contributed by atoms with Crippen LogP contribution < -0.4 is 4.90 Å². The summed E-state index contributed by atoms with van der Waals surface area (Å²) in [5, 5.41) is 4.77. The molecule has 1 saturated heterocycles. The molecule has 1 aliphatic rings. The first kappa shape index (κ1) is 22.5. The van der Waals surface area contributed by atoms with E-state index < -0.39 is 0 Å². The van der Waals surface area contributed by atoms with Gasteiger partial charge in [0.25, 0.3) is 5.91 Å². The minimum Gasteiger partial charge on any atom is -0.368 e. The predicted octanol–water partition coefficient (Wildman–Crippen LogP) is 4.16. The van der Waals surface area contributed by atoms with E-state index >= 15 is 0 Å². The molecule has 0 bridgehead atoms. The van der Waals surface area contributed by atoms with E-state index in [0.29, 0.717) is 36.5 Å². The van der Waals surface area contributed by atoms with Gasteiger partial charge in [-0.05, 0) is 48.9 Å². The minimum absolute atomic E-state index is 0.0188. The third kappa shape index (κ3) is 4.99. The molecule has 4 aromatic rings. The van der Waals surface area contributed by atoms with Gasteiger partial charge in [0.05, 0.1) is 12.1 Å². The lowest BCUT2D eigenvalue weighted by atomic mass is 10.1. The highest BCUT2D eigenvalue weighted by molar-refractivity contribution is 6.00. The normalized spacial score (nSPS) is 13.6. The number of pyridine rings is 1. The van der Waals surface area contributed by atoms with Crippen molar-refractivity contribution < 1.29 is 9.59 Å². The second-order valence-corrected chi connectivity index (χ2v) is 8.70. The monoisotopic (exact) mass is 465 g/mol. The standard InChI is InChI=1S/C28H27N5O2/c1-21(34)23-9-11-25(12-10-23)31-14-16-32(17-15-31)28(35)26-20-33(19-22-6-3-2-4-7-22)30-27(26)24-8-5-13-29-18-24/h2-13,18,20H,14-17,19H2,1H3. The molecular weight excluding hydrogens is 438 g/mol. The van der Waals surface area contributed by atoms with Crippen molar-refractivity contribution in [1.29, 1.82) is 0 Å². The van der Waals surface area contributed by atoms with Crippen molar-refractivity contribution >= 4 is 17.4 Å². The lowest BCUT2D eigenvalue weighted by Gasteiger charge is -2.36. The highest BCUT2D eigenvalue weighted by Gasteiger charge is 2.26. The summed E-state index contributed by atoms with van der Waals surface area (Å²) in [7, 11) is 0. The molecule has 176 valence electrons.